The minimum atomic E-state index is 0.420. The second kappa shape index (κ2) is 9.14. The number of aryl methyl sites for hydroxylation is 1. The van der Waals surface area contributed by atoms with Gasteiger partial charge in [-0.05, 0) is 49.4 Å². The summed E-state index contributed by atoms with van der Waals surface area (Å²) in [5.41, 5.74) is 6.11. The molecule has 1 aliphatic heterocycles. The first kappa shape index (κ1) is 18.9. The molecule has 148 valence electrons. The van der Waals surface area contributed by atoms with Crippen molar-refractivity contribution >= 4 is 29.7 Å². The van der Waals surface area contributed by atoms with Crippen LogP contribution < -0.4 is 15.6 Å². The van der Waals surface area contributed by atoms with E-state index in [1.165, 1.54) is 6.42 Å². The van der Waals surface area contributed by atoms with E-state index in [1.54, 1.807) is 6.21 Å². The van der Waals surface area contributed by atoms with Crippen LogP contribution in [0.15, 0.2) is 59.7 Å². The molecule has 4 rings (SSSR count). The standard InChI is InChI=1S/C22H25N7/c1-17-10-6-7-11-18(17)16-23-28-21-25-20(24-19-12-4-2-5-13-19)26-22(27-21)29-14-8-3-9-15-29/h2,4-7,10-13,16H,3,8-9,14-15H2,1H3,(H2,24,25,26,27,28)/b23-16-. The number of para-hydroxylation sites is 1. The minimum Gasteiger partial charge on any atom is -0.341 e. The number of hydrazone groups is 1. The van der Waals surface area contributed by atoms with Gasteiger partial charge in [0.25, 0.3) is 0 Å². The Hall–Kier alpha value is -3.48. The third-order valence-corrected chi connectivity index (χ3v) is 4.85. The second-order valence-corrected chi connectivity index (χ2v) is 7.05. The number of hydrogen-bond donors (Lipinski definition) is 2. The highest BCUT2D eigenvalue weighted by atomic mass is 15.4. The van der Waals surface area contributed by atoms with Crippen molar-refractivity contribution in [2.75, 3.05) is 28.7 Å². The summed E-state index contributed by atoms with van der Waals surface area (Å²) in [5.74, 6) is 1.59. The van der Waals surface area contributed by atoms with E-state index >= 15 is 0 Å². The lowest BCUT2D eigenvalue weighted by molar-refractivity contribution is 0.568. The predicted octanol–water partition coefficient (Wildman–Crippen LogP) is 4.36. The molecule has 2 N–H and O–H groups in total. The average molecular weight is 387 g/mol. The summed E-state index contributed by atoms with van der Waals surface area (Å²) in [6, 6.07) is 18.0. The van der Waals surface area contributed by atoms with Crippen molar-refractivity contribution in [3.8, 4) is 0 Å². The summed E-state index contributed by atoms with van der Waals surface area (Å²) in [6.07, 6.45) is 5.34. The normalized spacial score (nSPS) is 14.2. The van der Waals surface area contributed by atoms with Crippen LogP contribution >= 0.6 is 0 Å². The number of piperidine rings is 1. The number of hydrogen-bond acceptors (Lipinski definition) is 7. The molecule has 1 aliphatic rings. The Balaban J connectivity index is 1.57. The molecular weight excluding hydrogens is 362 g/mol. The van der Waals surface area contributed by atoms with Gasteiger partial charge in [-0.25, -0.2) is 5.43 Å². The summed E-state index contributed by atoms with van der Waals surface area (Å²) >= 11 is 0. The molecule has 1 fully saturated rings. The number of nitrogens with one attached hydrogen (secondary N) is 2. The summed E-state index contributed by atoms with van der Waals surface area (Å²) in [5, 5.41) is 7.59. The number of benzene rings is 2. The Morgan fingerprint density at radius 3 is 2.38 bits per heavy atom. The van der Waals surface area contributed by atoms with Crippen LogP contribution in [0.3, 0.4) is 0 Å². The van der Waals surface area contributed by atoms with Crippen LogP contribution in [-0.2, 0) is 0 Å². The van der Waals surface area contributed by atoms with Crippen LogP contribution in [0.5, 0.6) is 0 Å². The molecule has 0 atom stereocenters. The van der Waals surface area contributed by atoms with Crippen molar-refractivity contribution in [2.45, 2.75) is 26.2 Å². The topological polar surface area (TPSA) is 78.3 Å². The first-order chi connectivity index (χ1) is 14.3. The van der Waals surface area contributed by atoms with Gasteiger partial charge < -0.3 is 10.2 Å². The predicted molar refractivity (Wildman–Crippen MR) is 118 cm³/mol. The molecule has 0 amide bonds. The first-order valence-corrected chi connectivity index (χ1v) is 9.96. The zero-order valence-corrected chi connectivity index (χ0v) is 16.5. The third-order valence-electron chi connectivity index (χ3n) is 4.85. The van der Waals surface area contributed by atoms with E-state index in [0.29, 0.717) is 17.8 Å². The SMILES string of the molecule is Cc1ccccc1/C=N\Nc1nc(Nc2ccccc2)nc(N2CCCCC2)n1. The Labute approximate surface area is 170 Å². The number of anilines is 4. The van der Waals surface area contributed by atoms with Gasteiger partial charge in [-0.15, -0.1) is 0 Å². The lowest BCUT2D eigenvalue weighted by Crippen LogP contribution is -2.31. The van der Waals surface area contributed by atoms with E-state index in [2.05, 4.69) is 48.7 Å². The van der Waals surface area contributed by atoms with Crippen LogP contribution in [0, 0.1) is 6.92 Å². The van der Waals surface area contributed by atoms with Crippen LogP contribution in [0.4, 0.5) is 23.5 Å². The van der Waals surface area contributed by atoms with E-state index in [4.69, 9.17) is 0 Å². The highest BCUT2D eigenvalue weighted by Crippen LogP contribution is 2.20. The third kappa shape index (κ3) is 5.07. The fourth-order valence-corrected chi connectivity index (χ4v) is 3.25. The van der Waals surface area contributed by atoms with Crippen LogP contribution in [0.2, 0.25) is 0 Å². The van der Waals surface area contributed by atoms with Gasteiger partial charge in [-0.1, -0.05) is 42.5 Å². The summed E-state index contributed by atoms with van der Waals surface area (Å²) < 4.78 is 0. The maximum Gasteiger partial charge on any atom is 0.250 e. The van der Waals surface area contributed by atoms with Crippen molar-refractivity contribution in [1.29, 1.82) is 0 Å². The molecule has 7 heteroatoms. The van der Waals surface area contributed by atoms with Gasteiger partial charge in [0, 0.05) is 18.8 Å². The van der Waals surface area contributed by atoms with E-state index in [1.807, 2.05) is 48.5 Å². The van der Waals surface area contributed by atoms with E-state index < -0.39 is 0 Å². The fraction of sp³-hybridized carbons (Fsp3) is 0.273. The largest absolute Gasteiger partial charge is 0.341 e. The monoisotopic (exact) mass is 387 g/mol. The molecule has 7 nitrogen and oxygen atoms in total. The van der Waals surface area contributed by atoms with Crippen molar-refractivity contribution in [2.24, 2.45) is 5.10 Å². The summed E-state index contributed by atoms with van der Waals surface area (Å²) in [4.78, 5) is 15.9. The zero-order chi connectivity index (χ0) is 19.9. The highest BCUT2D eigenvalue weighted by molar-refractivity contribution is 5.81. The molecule has 2 aromatic carbocycles. The molecule has 0 spiro atoms. The molecule has 0 saturated carbocycles. The van der Waals surface area contributed by atoms with Crippen LogP contribution in [-0.4, -0.2) is 34.3 Å². The van der Waals surface area contributed by atoms with E-state index in [-0.39, 0.29) is 0 Å². The number of aromatic nitrogens is 3. The van der Waals surface area contributed by atoms with Crippen molar-refractivity contribution in [3.05, 3.63) is 65.7 Å². The quantitative estimate of drug-likeness (QED) is 0.483. The van der Waals surface area contributed by atoms with Gasteiger partial charge in [0.15, 0.2) is 0 Å². The molecule has 0 radical (unpaired) electrons. The molecule has 1 aromatic heterocycles. The summed E-state index contributed by atoms with van der Waals surface area (Å²) in [7, 11) is 0. The minimum absolute atomic E-state index is 0.420. The van der Waals surface area contributed by atoms with Gasteiger partial charge in [0.2, 0.25) is 17.8 Å². The Morgan fingerprint density at radius 1 is 0.862 bits per heavy atom. The van der Waals surface area contributed by atoms with Gasteiger partial charge in [0.1, 0.15) is 0 Å². The Kier molecular flexibility index (Phi) is 5.95. The fourth-order valence-electron chi connectivity index (χ4n) is 3.25. The van der Waals surface area contributed by atoms with Crippen molar-refractivity contribution in [1.82, 2.24) is 15.0 Å². The van der Waals surface area contributed by atoms with Gasteiger partial charge in [0.05, 0.1) is 6.21 Å². The van der Waals surface area contributed by atoms with Gasteiger partial charge in [-0.3, -0.25) is 0 Å². The number of nitrogens with zero attached hydrogens (tertiary/aromatic N) is 5. The second-order valence-electron chi connectivity index (χ2n) is 7.05. The molecule has 0 aliphatic carbocycles. The van der Waals surface area contributed by atoms with Gasteiger partial charge >= 0.3 is 0 Å². The Bertz CT molecular complexity index is 966. The molecule has 2 heterocycles. The maximum absolute atomic E-state index is 4.63. The van der Waals surface area contributed by atoms with Gasteiger partial charge in [-0.2, -0.15) is 20.1 Å². The molecule has 3 aromatic rings. The van der Waals surface area contributed by atoms with E-state index in [0.717, 1.165) is 42.7 Å². The van der Waals surface area contributed by atoms with E-state index in [9.17, 15) is 0 Å². The molecule has 29 heavy (non-hydrogen) atoms. The molecular formula is C22H25N7. The van der Waals surface area contributed by atoms with Crippen LogP contribution in [0.25, 0.3) is 0 Å². The lowest BCUT2D eigenvalue weighted by Gasteiger charge is -2.26. The lowest BCUT2D eigenvalue weighted by atomic mass is 10.1. The zero-order valence-electron chi connectivity index (χ0n) is 16.5. The number of rotatable bonds is 6. The molecule has 1 saturated heterocycles. The molecule has 0 unspecified atom stereocenters. The highest BCUT2D eigenvalue weighted by Gasteiger charge is 2.16. The van der Waals surface area contributed by atoms with Crippen molar-refractivity contribution in [3.63, 3.8) is 0 Å². The van der Waals surface area contributed by atoms with Crippen LogP contribution in [0.1, 0.15) is 30.4 Å². The maximum atomic E-state index is 4.63. The van der Waals surface area contributed by atoms with Crippen molar-refractivity contribution < 1.29 is 0 Å². The molecule has 0 bridgehead atoms. The summed E-state index contributed by atoms with van der Waals surface area (Å²) in [6.45, 7) is 3.97. The first-order valence-electron chi connectivity index (χ1n) is 9.96. The average Bonchev–Trinajstić information content (AvgIpc) is 2.76. The Morgan fingerprint density at radius 2 is 1.59 bits per heavy atom. The smallest absolute Gasteiger partial charge is 0.250 e.